The van der Waals surface area contributed by atoms with Gasteiger partial charge in [-0.3, -0.25) is 14.0 Å². The fraction of sp³-hybridized carbons (Fsp3) is 0.348. The zero-order valence-electron chi connectivity index (χ0n) is 17.1. The van der Waals surface area contributed by atoms with Crippen molar-refractivity contribution in [3.63, 3.8) is 0 Å². The molecule has 6 nitrogen and oxygen atoms in total. The topological polar surface area (TPSA) is 64.7 Å². The molecule has 0 bridgehead atoms. The lowest BCUT2D eigenvalue weighted by Gasteiger charge is -2.13. The summed E-state index contributed by atoms with van der Waals surface area (Å²) < 4.78 is 3.67. The molecular formula is C23H25N5OS. The summed E-state index contributed by atoms with van der Waals surface area (Å²) in [6.07, 6.45) is 7.24. The quantitative estimate of drug-likeness (QED) is 0.490. The van der Waals surface area contributed by atoms with Crippen LogP contribution < -0.4 is 10.9 Å². The largest absolute Gasteiger partial charge is 0.309 e. The van der Waals surface area contributed by atoms with Gasteiger partial charge >= 0.3 is 0 Å². The van der Waals surface area contributed by atoms with Crippen molar-refractivity contribution in [2.75, 3.05) is 5.32 Å². The maximum atomic E-state index is 13.4. The molecule has 0 amide bonds. The molecule has 3 heterocycles. The van der Waals surface area contributed by atoms with Crippen LogP contribution in [0, 0.1) is 0 Å². The first-order chi connectivity index (χ1) is 14.7. The molecule has 0 fully saturated rings. The van der Waals surface area contributed by atoms with Crippen LogP contribution in [0.15, 0.2) is 47.4 Å². The molecule has 0 saturated heterocycles. The Morgan fingerprint density at radius 1 is 1.13 bits per heavy atom. The average Bonchev–Trinajstić information content (AvgIpc) is 3.35. The molecule has 0 aliphatic heterocycles. The van der Waals surface area contributed by atoms with Gasteiger partial charge in [-0.25, -0.2) is 4.98 Å². The van der Waals surface area contributed by atoms with Crippen molar-refractivity contribution in [2.45, 2.75) is 52.1 Å². The van der Waals surface area contributed by atoms with E-state index in [1.54, 1.807) is 15.9 Å². The number of benzene rings is 1. The van der Waals surface area contributed by atoms with E-state index in [2.05, 4.69) is 29.5 Å². The molecule has 0 atom stereocenters. The van der Waals surface area contributed by atoms with Gasteiger partial charge in [-0.2, -0.15) is 5.10 Å². The molecule has 7 heteroatoms. The first-order valence-corrected chi connectivity index (χ1v) is 11.4. The number of fused-ring (bicyclic) bond motifs is 3. The summed E-state index contributed by atoms with van der Waals surface area (Å²) >= 11 is 1.68. The Morgan fingerprint density at radius 2 is 1.97 bits per heavy atom. The number of anilines is 2. The van der Waals surface area contributed by atoms with E-state index >= 15 is 0 Å². The van der Waals surface area contributed by atoms with Gasteiger partial charge < -0.3 is 5.32 Å². The maximum absolute atomic E-state index is 13.4. The maximum Gasteiger partial charge on any atom is 0.263 e. The number of rotatable bonds is 6. The molecule has 0 spiro atoms. The van der Waals surface area contributed by atoms with Gasteiger partial charge in [0.05, 0.1) is 11.9 Å². The molecule has 4 aromatic rings. The molecule has 1 N–H and O–H groups in total. The van der Waals surface area contributed by atoms with Crippen LogP contribution in [0.25, 0.3) is 10.2 Å². The van der Waals surface area contributed by atoms with Gasteiger partial charge in [0.15, 0.2) is 5.82 Å². The molecule has 3 aromatic heterocycles. The van der Waals surface area contributed by atoms with Crippen molar-refractivity contribution in [1.82, 2.24) is 19.3 Å². The van der Waals surface area contributed by atoms with E-state index in [1.807, 2.05) is 35.1 Å². The third-order valence-electron chi connectivity index (χ3n) is 5.59. The Hall–Kier alpha value is -2.93. The highest BCUT2D eigenvalue weighted by atomic mass is 32.1. The normalized spacial score (nSPS) is 13.5. The van der Waals surface area contributed by atoms with E-state index in [-0.39, 0.29) is 5.56 Å². The lowest BCUT2D eigenvalue weighted by atomic mass is 9.97. The summed E-state index contributed by atoms with van der Waals surface area (Å²) in [6, 6.07) is 12.2. The summed E-state index contributed by atoms with van der Waals surface area (Å²) in [7, 11) is 0. The van der Waals surface area contributed by atoms with Crippen LogP contribution in [0.1, 0.15) is 42.2 Å². The van der Waals surface area contributed by atoms with Gasteiger partial charge in [0.2, 0.25) is 5.95 Å². The third-order valence-corrected chi connectivity index (χ3v) is 6.78. The lowest BCUT2D eigenvalue weighted by Crippen LogP contribution is -2.24. The second kappa shape index (κ2) is 8.07. The number of hydrogen-bond donors (Lipinski definition) is 1. The minimum absolute atomic E-state index is 0.0764. The first kappa shape index (κ1) is 19.1. The minimum atomic E-state index is 0.0764. The predicted octanol–water partition coefficient (Wildman–Crippen LogP) is 4.74. The van der Waals surface area contributed by atoms with Crippen LogP contribution in [0.5, 0.6) is 0 Å². The van der Waals surface area contributed by atoms with Gasteiger partial charge in [-0.15, -0.1) is 11.3 Å². The van der Waals surface area contributed by atoms with Gasteiger partial charge in [-0.1, -0.05) is 37.3 Å². The SMILES string of the molecule is CCCn1c(Nc2ccn(Cc3ccccc3)n2)nc2sc3c(c2c1=O)CCCC3. The number of nitrogens with zero attached hydrogens (tertiary/aromatic N) is 4. The zero-order valence-corrected chi connectivity index (χ0v) is 17.9. The van der Waals surface area contributed by atoms with Gasteiger partial charge in [-0.05, 0) is 43.2 Å². The van der Waals surface area contributed by atoms with Crippen molar-refractivity contribution in [2.24, 2.45) is 0 Å². The number of aryl methyl sites for hydroxylation is 2. The Bertz CT molecular complexity index is 1240. The Kier molecular flexibility index (Phi) is 5.12. The molecule has 154 valence electrons. The third kappa shape index (κ3) is 3.54. The molecule has 5 rings (SSSR count). The molecule has 0 unspecified atom stereocenters. The fourth-order valence-corrected chi connectivity index (χ4v) is 5.42. The van der Waals surface area contributed by atoms with Crippen LogP contribution in [-0.2, 0) is 25.9 Å². The Balaban J connectivity index is 1.49. The lowest BCUT2D eigenvalue weighted by molar-refractivity contribution is 0.653. The van der Waals surface area contributed by atoms with Gasteiger partial charge in [0, 0.05) is 23.7 Å². The van der Waals surface area contributed by atoms with Crippen LogP contribution >= 0.6 is 11.3 Å². The number of nitrogens with one attached hydrogen (secondary N) is 1. The first-order valence-electron chi connectivity index (χ1n) is 10.6. The molecule has 0 saturated carbocycles. The summed E-state index contributed by atoms with van der Waals surface area (Å²) in [5, 5.41) is 8.77. The van der Waals surface area contributed by atoms with E-state index in [4.69, 9.17) is 4.98 Å². The van der Waals surface area contributed by atoms with Crippen LogP contribution in [0.2, 0.25) is 0 Å². The second-order valence-electron chi connectivity index (χ2n) is 7.79. The van der Waals surface area contributed by atoms with Crippen molar-refractivity contribution in [3.8, 4) is 0 Å². The number of thiophene rings is 1. The minimum Gasteiger partial charge on any atom is -0.309 e. The van der Waals surface area contributed by atoms with Gasteiger partial charge in [0.25, 0.3) is 5.56 Å². The van der Waals surface area contributed by atoms with Crippen molar-refractivity contribution < 1.29 is 0 Å². The average molecular weight is 420 g/mol. The zero-order chi connectivity index (χ0) is 20.5. The molecule has 1 aromatic carbocycles. The van der Waals surface area contributed by atoms with Crippen LogP contribution in [-0.4, -0.2) is 19.3 Å². The predicted molar refractivity (Wildman–Crippen MR) is 122 cm³/mol. The van der Waals surface area contributed by atoms with Crippen molar-refractivity contribution in [3.05, 3.63) is 69.0 Å². The standard InChI is InChI=1S/C23H25N5OS/c1-2-13-28-22(29)20-17-10-6-7-11-18(17)30-21(20)25-23(28)24-19-12-14-27(26-19)15-16-8-4-3-5-9-16/h3-5,8-9,12,14H,2,6-7,10-11,13,15H2,1H3,(H,24,25,26). The summed E-state index contributed by atoms with van der Waals surface area (Å²) in [4.78, 5) is 20.4. The van der Waals surface area contributed by atoms with E-state index in [1.165, 1.54) is 22.4 Å². The molecule has 30 heavy (non-hydrogen) atoms. The summed E-state index contributed by atoms with van der Waals surface area (Å²) in [6.45, 7) is 3.42. The van der Waals surface area contributed by atoms with E-state index < -0.39 is 0 Å². The summed E-state index contributed by atoms with van der Waals surface area (Å²) in [5.74, 6) is 1.28. The van der Waals surface area contributed by atoms with Crippen molar-refractivity contribution >= 4 is 33.3 Å². The highest BCUT2D eigenvalue weighted by Crippen LogP contribution is 2.34. The summed E-state index contributed by atoms with van der Waals surface area (Å²) in [5.41, 5.74) is 2.51. The highest BCUT2D eigenvalue weighted by molar-refractivity contribution is 7.18. The molecular weight excluding hydrogens is 394 g/mol. The van der Waals surface area contributed by atoms with Gasteiger partial charge in [0.1, 0.15) is 4.83 Å². The smallest absolute Gasteiger partial charge is 0.263 e. The van der Waals surface area contributed by atoms with Crippen LogP contribution in [0.4, 0.5) is 11.8 Å². The number of hydrogen-bond acceptors (Lipinski definition) is 5. The van der Waals surface area contributed by atoms with E-state index in [9.17, 15) is 4.79 Å². The second-order valence-corrected chi connectivity index (χ2v) is 8.88. The number of aromatic nitrogens is 4. The van der Waals surface area contributed by atoms with Crippen LogP contribution in [0.3, 0.4) is 0 Å². The van der Waals surface area contributed by atoms with E-state index in [0.29, 0.717) is 24.9 Å². The highest BCUT2D eigenvalue weighted by Gasteiger charge is 2.22. The Morgan fingerprint density at radius 3 is 2.80 bits per heavy atom. The Labute approximate surface area is 179 Å². The molecule has 1 aliphatic rings. The molecule has 0 radical (unpaired) electrons. The molecule has 1 aliphatic carbocycles. The van der Waals surface area contributed by atoms with Crippen molar-refractivity contribution in [1.29, 1.82) is 0 Å². The fourth-order valence-electron chi connectivity index (χ4n) is 4.17. The monoisotopic (exact) mass is 419 g/mol. The van der Waals surface area contributed by atoms with E-state index in [0.717, 1.165) is 35.9 Å².